The van der Waals surface area contributed by atoms with Crippen LogP contribution < -0.4 is 20.9 Å². The molecule has 0 saturated heterocycles. The quantitative estimate of drug-likeness (QED) is 0.712. The fourth-order valence-electron chi connectivity index (χ4n) is 3.02. The van der Waals surface area contributed by atoms with E-state index < -0.39 is 12.1 Å². The second kappa shape index (κ2) is 8.60. The smallest absolute Gasteiger partial charge is 0.323 e. The molecule has 2 heterocycles. The summed E-state index contributed by atoms with van der Waals surface area (Å²) in [5.74, 6) is -0.0383. The van der Waals surface area contributed by atoms with Crippen molar-refractivity contribution < 1.29 is 18.8 Å². The maximum Gasteiger partial charge on any atom is 0.323 e. The SMILES string of the molecule is CCC(C)C(NC(=O)N1CC(=O)Nc2ccccc21)C(=O)NCc1ccco1. The molecule has 0 bridgehead atoms. The van der Waals surface area contributed by atoms with E-state index in [1.165, 1.54) is 11.2 Å². The van der Waals surface area contributed by atoms with E-state index in [0.29, 0.717) is 23.6 Å². The lowest BCUT2D eigenvalue weighted by Gasteiger charge is -2.31. The number of nitrogens with one attached hydrogen (secondary N) is 3. The standard InChI is InChI=1S/C20H24N4O4/c1-3-13(2)18(19(26)21-11-14-7-6-10-28-14)23-20(27)24-12-17(25)22-15-8-4-5-9-16(15)24/h4-10,13,18H,3,11-12H2,1-2H3,(H,21,26)(H,22,25)(H,23,27). The number of carbonyl (C=O) groups excluding carboxylic acids is 3. The van der Waals surface area contributed by atoms with Gasteiger partial charge in [0.15, 0.2) is 0 Å². The van der Waals surface area contributed by atoms with E-state index in [4.69, 9.17) is 4.42 Å². The van der Waals surface area contributed by atoms with Crippen LogP contribution in [0.1, 0.15) is 26.0 Å². The first-order chi connectivity index (χ1) is 13.5. The van der Waals surface area contributed by atoms with Crippen LogP contribution in [0.2, 0.25) is 0 Å². The van der Waals surface area contributed by atoms with E-state index in [0.717, 1.165) is 0 Å². The summed E-state index contributed by atoms with van der Waals surface area (Å²) in [4.78, 5) is 38.9. The zero-order valence-electron chi connectivity index (χ0n) is 15.9. The third-order valence-electron chi connectivity index (χ3n) is 4.81. The van der Waals surface area contributed by atoms with Crippen LogP contribution in [0.25, 0.3) is 0 Å². The number of hydrogen-bond donors (Lipinski definition) is 3. The van der Waals surface area contributed by atoms with Gasteiger partial charge in [0.2, 0.25) is 11.8 Å². The average Bonchev–Trinajstić information content (AvgIpc) is 3.22. The van der Waals surface area contributed by atoms with Gasteiger partial charge in [-0.1, -0.05) is 32.4 Å². The van der Waals surface area contributed by atoms with Gasteiger partial charge in [0.25, 0.3) is 0 Å². The van der Waals surface area contributed by atoms with Crippen molar-refractivity contribution in [3.8, 4) is 0 Å². The predicted octanol–water partition coefficient (Wildman–Crippen LogP) is 2.48. The third-order valence-corrected chi connectivity index (χ3v) is 4.81. The first-order valence-corrected chi connectivity index (χ1v) is 9.26. The van der Waals surface area contributed by atoms with Crippen molar-refractivity contribution in [2.45, 2.75) is 32.9 Å². The number of para-hydroxylation sites is 2. The summed E-state index contributed by atoms with van der Waals surface area (Å²) in [6.07, 6.45) is 2.24. The summed E-state index contributed by atoms with van der Waals surface area (Å²) in [5, 5.41) is 8.32. The summed E-state index contributed by atoms with van der Waals surface area (Å²) in [5.41, 5.74) is 1.16. The summed E-state index contributed by atoms with van der Waals surface area (Å²) in [6, 6.07) is 9.35. The van der Waals surface area contributed by atoms with Crippen molar-refractivity contribution in [2.75, 3.05) is 16.8 Å². The van der Waals surface area contributed by atoms with Gasteiger partial charge in [-0.2, -0.15) is 0 Å². The minimum Gasteiger partial charge on any atom is -0.467 e. The van der Waals surface area contributed by atoms with E-state index >= 15 is 0 Å². The number of anilines is 2. The second-order valence-electron chi connectivity index (χ2n) is 6.76. The van der Waals surface area contributed by atoms with E-state index in [2.05, 4.69) is 16.0 Å². The number of rotatable bonds is 6. The Bertz CT molecular complexity index is 850. The van der Waals surface area contributed by atoms with Crippen LogP contribution in [0.5, 0.6) is 0 Å². The largest absolute Gasteiger partial charge is 0.467 e. The second-order valence-corrected chi connectivity index (χ2v) is 6.76. The molecule has 2 atom stereocenters. The molecule has 1 aliphatic rings. The lowest BCUT2D eigenvalue weighted by Crippen LogP contribution is -2.55. The van der Waals surface area contributed by atoms with Gasteiger partial charge in [0, 0.05) is 0 Å². The molecule has 0 spiro atoms. The van der Waals surface area contributed by atoms with E-state index in [1.807, 2.05) is 13.8 Å². The molecular weight excluding hydrogens is 360 g/mol. The van der Waals surface area contributed by atoms with Crippen molar-refractivity contribution in [2.24, 2.45) is 5.92 Å². The maximum absolute atomic E-state index is 12.9. The van der Waals surface area contributed by atoms with Gasteiger partial charge in [-0.05, 0) is 30.2 Å². The molecule has 2 aromatic rings. The first-order valence-electron chi connectivity index (χ1n) is 9.26. The van der Waals surface area contributed by atoms with Crippen LogP contribution in [-0.4, -0.2) is 30.4 Å². The van der Waals surface area contributed by atoms with Crippen LogP contribution in [-0.2, 0) is 16.1 Å². The van der Waals surface area contributed by atoms with Gasteiger partial charge in [-0.15, -0.1) is 0 Å². The van der Waals surface area contributed by atoms with Crippen LogP contribution in [0, 0.1) is 5.92 Å². The molecule has 0 aliphatic carbocycles. The van der Waals surface area contributed by atoms with Crippen LogP contribution in [0.3, 0.4) is 0 Å². The fraction of sp³-hybridized carbons (Fsp3) is 0.350. The summed E-state index contributed by atoms with van der Waals surface area (Å²) < 4.78 is 5.22. The van der Waals surface area contributed by atoms with E-state index in [1.54, 1.807) is 36.4 Å². The minimum absolute atomic E-state index is 0.0885. The minimum atomic E-state index is -0.732. The molecule has 8 heteroatoms. The number of amides is 4. The summed E-state index contributed by atoms with van der Waals surface area (Å²) in [7, 11) is 0. The lowest BCUT2D eigenvalue weighted by molar-refractivity contribution is -0.124. The number of carbonyl (C=O) groups is 3. The van der Waals surface area contributed by atoms with Gasteiger partial charge in [0.05, 0.1) is 24.2 Å². The zero-order chi connectivity index (χ0) is 20.1. The Kier molecular flexibility index (Phi) is 5.98. The van der Waals surface area contributed by atoms with Crippen LogP contribution in [0.15, 0.2) is 47.1 Å². The Balaban J connectivity index is 1.72. The molecule has 3 N–H and O–H groups in total. The molecule has 1 aromatic carbocycles. The highest BCUT2D eigenvalue weighted by Gasteiger charge is 2.31. The number of nitrogens with zero attached hydrogens (tertiary/aromatic N) is 1. The maximum atomic E-state index is 12.9. The van der Waals surface area contributed by atoms with Crippen LogP contribution in [0.4, 0.5) is 16.2 Å². The topological polar surface area (TPSA) is 104 Å². The van der Waals surface area contributed by atoms with Gasteiger partial charge in [-0.3, -0.25) is 14.5 Å². The zero-order valence-corrected chi connectivity index (χ0v) is 15.9. The van der Waals surface area contributed by atoms with Crippen molar-refractivity contribution in [1.29, 1.82) is 0 Å². The Labute approximate surface area is 163 Å². The summed E-state index contributed by atoms with van der Waals surface area (Å²) in [6.45, 7) is 3.98. The van der Waals surface area contributed by atoms with Crippen molar-refractivity contribution in [3.05, 3.63) is 48.4 Å². The molecule has 148 valence electrons. The van der Waals surface area contributed by atoms with E-state index in [-0.39, 0.29) is 30.8 Å². The number of hydrogen-bond acceptors (Lipinski definition) is 4. The van der Waals surface area contributed by atoms with E-state index in [9.17, 15) is 14.4 Å². The monoisotopic (exact) mass is 384 g/mol. The highest BCUT2D eigenvalue weighted by atomic mass is 16.3. The molecule has 1 aliphatic heterocycles. The summed E-state index contributed by atoms with van der Waals surface area (Å²) >= 11 is 0. The lowest BCUT2D eigenvalue weighted by atomic mass is 9.98. The molecular formula is C20H24N4O4. The van der Waals surface area contributed by atoms with Gasteiger partial charge < -0.3 is 20.4 Å². The Morgan fingerprint density at radius 1 is 1.25 bits per heavy atom. The van der Waals surface area contributed by atoms with Gasteiger partial charge in [-0.25, -0.2) is 4.79 Å². The normalized spacial score (nSPS) is 15.2. The molecule has 8 nitrogen and oxygen atoms in total. The van der Waals surface area contributed by atoms with Gasteiger partial charge >= 0.3 is 6.03 Å². The Morgan fingerprint density at radius 2 is 2.04 bits per heavy atom. The fourth-order valence-corrected chi connectivity index (χ4v) is 3.02. The molecule has 28 heavy (non-hydrogen) atoms. The molecule has 0 fully saturated rings. The predicted molar refractivity (Wildman–Crippen MR) is 105 cm³/mol. The Hall–Kier alpha value is -3.29. The highest BCUT2D eigenvalue weighted by Crippen LogP contribution is 2.29. The molecule has 1 aromatic heterocycles. The molecule has 2 unspecified atom stereocenters. The number of furan rings is 1. The number of benzene rings is 1. The molecule has 3 rings (SSSR count). The van der Waals surface area contributed by atoms with Crippen LogP contribution >= 0.6 is 0 Å². The molecule has 0 radical (unpaired) electrons. The molecule has 0 saturated carbocycles. The third kappa shape index (κ3) is 4.33. The highest BCUT2D eigenvalue weighted by molar-refractivity contribution is 6.10. The van der Waals surface area contributed by atoms with Crippen molar-refractivity contribution in [3.63, 3.8) is 0 Å². The van der Waals surface area contributed by atoms with Crippen molar-refractivity contribution in [1.82, 2.24) is 10.6 Å². The average molecular weight is 384 g/mol. The Morgan fingerprint density at radius 3 is 2.75 bits per heavy atom. The number of urea groups is 1. The molecule has 4 amide bonds. The number of fused-ring (bicyclic) bond motifs is 1. The first kappa shape index (κ1) is 19.5. The van der Waals surface area contributed by atoms with Gasteiger partial charge in [0.1, 0.15) is 18.3 Å². The van der Waals surface area contributed by atoms with Crippen molar-refractivity contribution >= 4 is 29.2 Å².